The molecule has 0 unspecified atom stereocenters. The van der Waals surface area contributed by atoms with Crippen LogP contribution in [-0.2, 0) is 11.0 Å². The van der Waals surface area contributed by atoms with E-state index < -0.39 is 8.32 Å². The number of aryl methyl sites for hydroxylation is 2. The zero-order chi connectivity index (χ0) is 22.1. The molecule has 0 saturated carbocycles. The van der Waals surface area contributed by atoms with Crippen LogP contribution in [0.4, 0.5) is 5.82 Å². The number of nitrogen functional groups attached to an aromatic ring is 1. The predicted octanol–water partition coefficient (Wildman–Crippen LogP) is 6.04. The zero-order valence-corrected chi connectivity index (χ0v) is 20.1. The van der Waals surface area contributed by atoms with Crippen LogP contribution in [0.5, 0.6) is 0 Å². The molecule has 2 N–H and O–H groups in total. The summed E-state index contributed by atoms with van der Waals surface area (Å²) in [7, 11) is -1.76. The van der Waals surface area contributed by atoms with Crippen molar-refractivity contribution >= 4 is 31.2 Å². The number of anilines is 1. The van der Waals surface area contributed by atoms with Gasteiger partial charge < -0.3 is 14.7 Å². The number of fused-ring (bicyclic) bond motifs is 1. The minimum absolute atomic E-state index is 0.207. The maximum Gasteiger partial charge on any atom is 0.191 e. The molecule has 0 spiro atoms. The Labute approximate surface area is 181 Å². The standard InChI is InChI=1S/C24H34N4OSi/c1-8-19-20(18-13-10-9-12-17(18)2)21-22(25)26-16-27-23(21)28(19)14-11-15-29-30(6,7)24(3,4)5/h8-10,12-13,16H,1,11,14-15H2,2-7H3,(H2,25,26,27). The Balaban J connectivity index is 1.99. The predicted molar refractivity (Wildman–Crippen MR) is 130 cm³/mol. The van der Waals surface area contributed by atoms with Crippen LogP contribution in [0.15, 0.2) is 37.2 Å². The van der Waals surface area contributed by atoms with E-state index in [-0.39, 0.29) is 5.04 Å². The van der Waals surface area contributed by atoms with Gasteiger partial charge in [0.25, 0.3) is 0 Å². The first-order valence-corrected chi connectivity index (χ1v) is 13.4. The van der Waals surface area contributed by atoms with Crippen LogP contribution in [0, 0.1) is 6.92 Å². The van der Waals surface area contributed by atoms with Gasteiger partial charge in [-0.15, -0.1) is 0 Å². The molecule has 0 aliphatic heterocycles. The molecule has 0 radical (unpaired) electrons. The number of hydrogen-bond acceptors (Lipinski definition) is 4. The van der Waals surface area contributed by atoms with Gasteiger partial charge in [0.2, 0.25) is 0 Å². The third-order valence-electron chi connectivity index (χ3n) is 6.31. The van der Waals surface area contributed by atoms with Gasteiger partial charge in [-0.1, -0.05) is 51.6 Å². The first-order valence-electron chi connectivity index (χ1n) is 10.5. The van der Waals surface area contributed by atoms with E-state index >= 15 is 0 Å². The van der Waals surface area contributed by atoms with Gasteiger partial charge >= 0.3 is 0 Å². The van der Waals surface area contributed by atoms with Crippen LogP contribution >= 0.6 is 0 Å². The molecule has 0 amide bonds. The molecule has 6 heteroatoms. The van der Waals surface area contributed by atoms with E-state index in [1.807, 2.05) is 18.2 Å². The van der Waals surface area contributed by atoms with E-state index in [4.69, 9.17) is 10.2 Å². The average molecular weight is 423 g/mol. The van der Waals surface area contributed by atoms with Gasteiger partial charge in [-0.05, 0) is 48.7 Å². The fraction of sp³-hybridized carbons (Fsp3) is 0.417. The monoisotopic (exact) mass is 422 g/mol. The molecule has 0 aliphatic rings. The van der Waals surface area contributed by atoms with Gasteiger partial charge in [-0.25, -0.2) is 9.97 Å². The van der Waals surface area contributed by atoms with Crippen LogP contribution in [-0.4, -0.2) is 29.5 Å². The first-order chi connectivity index (χ1) is 14.1. The summed E-state index contributed by atoms with van der Waals surface area (Å²) in [5.74, 6) is 0.498. The quantitative estimate of drug-likeness (QED) is 0.372. The summed E-state index contributed by atoms with van der Waals surface area (Å²) in [6, 6.07) is 8.32. The number of nitrogens with two attached hydrogens (primary N) is 1. The second-order valence-corrected chi connectivity index (χ2v) is 14.2. The van der Waals surface area contributed by atoms with Crippen molar-refractivity contribution in [3.63, 3.8) is 0 Å². The molecule has 5 nitrogen and oxygen atoms in total. The van der Waals surface area contributed by atoms with Gasteiger partial charge in [-0.3, -0.25) is 0 Å². The second kappa shape index (κ2) is 8.36. The van der Waals surface area contributed by atoms with Crippen molar-refractivity contribution in [3.8, 4) is 11.1 Å². The number of benzene rings is 1. The molecule has 0 aliphatic carbocycles. The Kier molecular flexibility index (Phi) is 6.20. The summed E-state index contributed by atoms with van der Waals surface area (Å²) >= 11 is 0. The molecular formula is C24H34N4OSi. The summed E-state index contributed by atoms with van der Waals surface area (Å²) in [4.78, 5) is 8.85. The minimum atomic E-state index is -1.76. The summed E-state index contributed by atoms with van der Waals surface area (Å²) < 4.78 is 8.58. The van der Waals surface area contributed by atoms with Gasteiger partial charge in [0.1, 0.15) is 17.8 Å². The topological polar surface area (TPSA) is 66.0 Å². The molecule has 0 fully saturated rings. The van der Waals surface area contributed by atoms with Crippen LogP contribution in [0.25, 0.3) is 28.2 Å². The molecule has 2 heterocycles. The number of rotatable bonds is 7. The lowest BCUT2D eigenvalue weighted by Crippen LogP contribution is -2.41. The molecule has 160 valence electrons. The third kappa shape index (κ3) is 4.07. The average Bonchev–Trinajstić information content (AvgIpc) is 2.99. The van der Waals surface area contributed by atoms with E-state index in [9.17, 15) is 0 Å². The van der Waals surface area contributed by atoms with Crippen LogP contribution in [0.3, 0.4) is 0 Å². The van der Waals surface area contributed by atoms with Gasteiger partial charge in [0.05, 0.1) is 11.1 Å². The van der Waals surface area contributed by atoms with Crippen LogP contribution in [0.2, 0.25) is 18.1 Å². The number of aromatic nitrogens is 3. The van der Waals surface area contributed by atoms with Crippen molar-refractivity contribution in [1.29, 1.82) is 0 Å². The van der Waals surface area contributed by atoms with Crippen molar-refractivity contribution in [2.24, 2.45) is 0 Å². The minimum Gasteiger partial charge on any atom is -0.417 e. The summed E-state index contributed by atoms with van der Waals surface area (Å²) in [5, 5.41) is 1.10. The van der Waals surface area contributed by atoms with Crippen molar-refractivity contribution < 1.29 is 4.43 Å². The summed E-state index contributed by atoms with van der Waals surface area (Å²) in [6.45, 7) is 19.1. The zero-order valence-electron chi connectivity index (χ0n) is 19.1. The van der Waals surface area contributed by atoms with Crippen molar-refractivity contribution in [3.05, 3.63) is 48.4 Å². The molecule has 0 bridgehead atoms. The SMILES string of the molecule is C=Cc1c(-c2ccccc2C)c2c(N)ncnc2n1CCCO[Si](C)(C)C(C)(C)C. The largest absolute Gasteiger partial charge is 0.417 e. The van der Waals surface area contributed by atoms with Crippen molar-refractivity contribution in [2.75, 3.05) is 12.3 Å². The molecule has 0 saturated heterocycles. The first kappa shape index (κ1) is 22.2. The fourth-order valence-corrected chi connectivity index (χ4v) is 4.63. The Hall–Kier alpha value is -2.44. The Morgan fingerprint density at radius 1 is 1.20 bits per heavy atom. The summed E-state index contributed by atoms with van der Waals surface area (Å²) in [6.07, 6.45) is 4.33. The van der Waals surface area contributed by atoms with Crippen LogP contribution in [0.1, 0.15) is 38.4 Å². The van der Waals surface area contributed by atoms with E-state index in [0.29, 0.717) is 5.82 Å². The lowest BCUT2D eigenvalue weighted by Gasteiger charge is -2.36. The van der Waals surface area contributed by atoms with Crippen LogP contribution < -0.4 is 5.73 Å². The molecule has 30 heavy (non-hydrogen) atoms. The molecule has 1 aromatic carbocycles. The normalized spacial score (nSPS) is 12.5. The van der Waals surface area contributed by atoms with Gasteiger partial charge in [-0.2, -0.15) is 0 Å². The molecule has 3 rings (SSSR count). The smallest absolute Gasteiger partial charge is 0.191 e. The van der Waals surface area contributed by atoms with E-state index in [2.05, 4.69) is 74.0 Å². The molecule has 2 aromatic heterocycles. The number of hydrogen-bond donors (Lipinski definition) is 1. The van der Waals surface area contributed by atoms with Crippen molar-refractivity contribution in [2.45, 2.75) is 58.8 Å². The van der Waals surface area contributed by atoms with E-state index in [1.54, 1.807) is 0 Å². The van der Waals surface area contributed by atoms with Gasteiger partial charge in [0.15, 0.2) is 8.32 Å². The third-order valence-corrected chi connectivity index (χ3v) is 10.9. The molecule has 3 aromatic rings. The highest BCUT2D eigenvalue weighted by Crippen LogP contribution is 2.39. The fourth-order valence-electron chi connectivity index (χ4n) is 3.54. The maximum absolute atomic E-state index is 6.38. The highest BCUT2D eigenvalue weighted by atomic mass is 28.4. The highest BCUT2D eigenvalue weighted by Gasteiger charge is 2.36. The highest BCUT2D eigenvalue weighted by molar-refractivity contribution is 6.74. The molecule has 0 atom stereocenters. The Bertz CT molecular complexity index is 1060. The number of nitrogens with zero attached hydrogens (tertiary/aromatic N) is 3. The maximum atomic E-state index is 6.38. The van der Waals surface area contributed by atoms with E-state index in [1.165, 1.54) is 11.9 Å². The van der Waals surface area contributed by atoms with Crippen molar-refractivity contribution in [1.82, 2.24) is 14.5 Å². The molecular weight excluding hydrogens is 388 g/mol. The van der Waals surface area contributed by atoms with Gasteiger partial charge in [0, 0.05) is 18.7 Å². The Morgan fingerprint density at radius 2 is 1.90 bits per heavy atom. The lowest BCUT2D eigenvalue weighted by atomic mass is 9.98. The second-order valence-electron chi connectivity index (χ2n) is 9.35. The van der Waals surface area contributed by atoms with E-state index in [0.717, 1.165) is 47.4 Å². The Morgan fingerprint density at radius 3 is 2.53 bits per heavy atom. The summed E-state index contributed by atoms with van der Waals surface area (Å²) in [5.41, 5.74) is 11.6. The lowest BCUT2D eigenvalue weighted by molar-refractivity contribution is 0.275.